The zero-order valence-corrected chi connectivity index (χ0v) is 12.0. The minimum absolute atomic E-state index is 0.340. The Morgan fingerprint density at radius 1 is 1.35 bits per heavy atom. The van der Waals surface area contributed by atoms with Gasteiger partial charge in [-0.3, -0.25) is 4.90 Å². The predicted molar refractivity (Wildman–Crippen MR) is 79.8 cm³/mol. The summed E-state index contributed by atoms with van der Waals surface area (Å²) in [5.74, 6) is 1.64. The third-order valence-corrected chi connectivity index (χ3v) is 3.90. The summed E-state index contributed by atoms with van der Waals surface area (Å²) in [5.41, 5.74) is 1.04. The Balaban J connectivity index is 1.63. The predicted octanol–water partition coefficient (Wildman–Crippen LogP) is 1.16. The fraction of sp³-hybridized carbons (Fsp3) is 0.600. The minimum atomic E-state index is 0.340. The molecule has 1 fully saturated rings. The molecule has 20 heavy (non-hydrogen) atoms. The summed E-state index contributed by atoms with van der Waals surface area (Å²) in [6, 6.07) is 6.31. The number of para-hydroxylation sites is 1. The minimum Gasteiger partial charge on any atom is -0.493 e. The number of benzene rings is 1. The molecule has 0 spiro atoms. The van der Waals surface area contributed by atoms with Gasteiger partial charge in [0, 0.05) is 19.6 Å². The maximum Gasteiger partial charge on any atom is 0.184 e. The number of nitrogens with one attached hydrogen (secondary N) is 2. The largest absolute Gasteiger partial charge is 0.493 e. The van der Waals surface area contributed by atoms with Crippen molar-refractivity contribution in [2.45, 2.75) is 12.5 Å². The van der Waals surface area contributed by atoms with E-state index >= 15 is 0 Å². The van der Waals surface area contributed by atoms with E-state index in [9.17, 15) is 0 Å². The smallest absolute Gasteiger partial charge is 0.184 e. The van der Waals surface area contributed by atoms with Crippen molar-refractivity contribution in [3.05, 3.63) is 18.2 Å². The molecule has 0 radical (unpaired) electrons. The van der Waals surface area contributed by atoms with Crippen LogP contribution >= 0.6 is 0 Å². The second kappa shape index (κ2) is 6.33. The van der Waals surface area contributed by atoms with Crippen LogP contribution in [0.1, 0.15) is 6.42 Å². The summed E-state index contributed by atoms with van der Waals surface area (Å²) in [4.78, 5) is 2.51. The molecule has 1 aromatic rings. The molecular weight excluding hydrogens is 254 g/mol. The molecule has 1 aromatic carbocycles. The lowest BCUT2D eigenvalue weighted by Gasteiger charge is -2.32. The first-order chi connectivity index (χ1) is 9.86. The van der Waals surface area contributed by atoms with Crippen molar-refractivity contribution in [2.75, 3.05) is 51.8 Å². The summed E-state index contributed by atoms with van der Waals surface area (Å²) in [6.07, 6.45) is 1.22. The monoisotopic (exact) mass is 277 g/mol. The first kappa shape index (κ1) is 13.5. The van der Waals surface area contributed by atoms with E-state index in [0.717, 1.165) is 49.9 Å². The molecule has 0 aliphatic carbocycles. The molecule has 1 unspecified atom stereocenters. The molecule has 2 aliphatic rings. The van der Waals surface area contributed by atoms with E-state index in [0.29, 0.717) is 12.6 Å². The van der Waals surface area contributed by atoms with Gasteiger partial charge < -0.3 is 20.1 Å². The number of hydrogen-bond acceptors (Lipinski definition) is 5. The Labute approximate surface area is 120 Å². The van der Waals surface area contributed by atoms with Crippen LogP contribution in [0.25, 0.3) is 0 Å². The quantitative estimate of drug-likeness (QED) is 0.868. The second-order valence-electron chi connectivity index (χ2n) is 5.39. The van der Waals surface area contributed by atoms with Gasteiger partial charge in [-0.25, -0.2) is 0 Å². The van der Waals surface area contributed by atoms with Crippen molar-refractivity contribution >= 4 is 5.69 Å². The fourth-order valence-electron chi connectivity index (χ4n) is 2.88. The number of anilines is 1. The number of methoxy groups -OCH3 is 1. The van der Waals surface area contributed by atoms with Crippen LogP contribution in [0, 0.1) is 0 Å². The molecule has 2 N–H and O–H groups in total. The Kier molecular flexibility index (Phi) is 4.28. The fourth-order valence-corrected chi connectivity index (χ4v) is 2.88. The molecule has 2 aliphatic heterocycles. The maximum absolute atomic E-state index is 5.90. The highest BCUT2D eigenvalue weighted by molar-refractivity contribution is 5.64. The van der Waals surface area contributed by atoms with Gasteiger partial charge in [0.05, 0.1) is 18.8 Å². The molecule has 1 atom stereocenters. The molecular formula is C15H23N3O2. The standard InChI is InChI=1S/C15H23N3O2/c1-19-14-5-2-4-13-15(14)20-11-12(17-13)10-18-8-3-6-16-7-9-18/h2,4-5,12,16-17H,3,6-11H2,1H3. The van der Waals surface area contributed by atoms with Gasteiger partial charge in [-0.15, -0.1) is 0 Å². The van der Waals surface area contributed by atoms with Crippen molar-refractivity contribution < 1.29 is 9.47 Å². The van der Waals surface area contributed by atoms with Crippen LogP contribution in [-0.2, 0) is 0 Å². The first-order valence-corrected chi connectivity index (χ1v) is 7.36. The van der Waals surface area contributed by atoms with Gasteiger partial charge in [-0.2, -0.15) is 0 Å². The molecule has 0 amide bonds. The maximum atomic E-state index is 5.90. The normalized spacial score (nSPS) is 23.1. The molecule has 0 saturated carbocycles. The van der Waals surface area contributed by atoms with Crippen LogP contribution in [0.15, 0.2) is 18.2 Å². The average Bonchev–Trinajstić information content (AvgIpc) is 2.75. The number of fused-ring (bicyclic) bond motifs is 1. The van der Waals surface area contributed by atoms with Gasteiger partial charge in [0.1, 0.15) is 6.61 Å². The molecule has 0 aromatic heterocycles. The van der Waals surface area contributed by atoms with Crippen molar-refractivity contribution in [1.82, 2.24) is 10.2 Å². The molecule has 5 nitrogen and oxygen atoms in total. The van der Waals surface area contributed by atoms with E-state index in [1.165, 1.54) is 6.42 Å². The van der Waals surface area contributed by atoms with Crippen molar-refractivity contribution in [1.29, 1.82) is 0 Å². The number of hydrogen-bond donors (Lipinski definition) is 2. The highest BCUT2D eigenvalue weighted by atomic mass is 16.5. The van der Waals surface area contributed by atoms with E-state index in [1.807, 2.05) is 18.2 Å². The van der Waals surface area contributed by atoms with Crippen molar-refractivity contribution in [2.24, 2.45) is 0 Å². The SMILES string of the molecule is COc1cccc2c1OCC(CN1CCCNCC1)N2. The summed E-state index contributed by atoms with van der Waals surface area (Å²) >= 11 is 0. The Hall–Kier alpha value is -1.46. The van der Waals surface area contributed by atoms with Crippen LogP contribution < -0.4 is 20.1 Å². The third-order valence-electron chi connectivity index (χ3n) is 3.90. The van der Waals surface area contributed by atoms with Crippen LogP contribution in [-0.4, -0.2) is 57.4 Å². The van der Waals surface area contributed by atoms with E-state index in [2.05, 4.69) is 15.5 Å². The molecule has 3 rings (SSSR count). The third kappa shape index (κ3) is 2.99. The lowest BCUT2D eigenvalue weighted by molar-refractivity contribution is 0.215. The van der Waals surface area contributed by atoms with Gasteiger partial charge in [-0.1, -0.05) is 6.07 Å². The highest BCUT2D eigenvalue weighted by Crippen LogP contribution is 2.37. The summed E-state index contributed by atoms with van der Waals surface area (Å²) in [7, 11) is 1.68. The van der Waals surface area contributed by atoms with E-state index in [-0.39, 0.29) is 0 Å². The highest BCUT2D eigenvalue weighted by Gasteiger charge is 2.23. The zero-order valence-electron chi connectivity index (χ0n) is 12.0. The van der Waals surface area contributed by atoms with Gasteiger partial charge in [0.25, 0.3) is 0 Å². The van der Waals surface area contributed by atoms with Crippen molar-refractivity contribution in [3.8, 4) is 11.5 Å². The molecule has 5 heteroatoms. The van der Waals surface area contributed by atoms with Crippen LogP contribution in [0.4, 0.5) is 5.69 Å². The Bertz CT molecular complexity index is 445. The lowest BCUT2D eigenvalue weighted by atomic mass is 10.2. The molecule has 110 valence electrons. The van der Waals surface area contributed by atoms with E-state index in [1.54, 1.807) is 7.11 Å². The van der Waals surface area contributed by atoms with Gasteiger partial charge in [0.15, 0.2) is 11.5 Å². The zero-order chi connectivity index (χ0) is 13.8. The summed E-state index contributed by atoms with van der Waals surface area (Å²) in [5, 5.41) is 7.01. The summed E-state index contributed by atoms with van der Waals surface area (Å²) in [6.45, 7) is 6.21. The molecule has 2 heterocycles. The first-order valence-electron chi connectivity index (χ1n) is 7.36. The Morgan fingerprint density at radius 2 is 2.30 bits per heavy atom. The second-order valence-corrected chi connectivity index (χ2v) is 5.39. The summed E-state index contributed by atoms with van der Waals surface area (Å²) < 4.78 is 11.2. The van der Waals surface area contributed by atoms with Crippen LogP contribution in [0.2, 0.25) is 0 Å². The van der Waals surface area contributed by atoms with Crippen LogP contribution in [0.5, 0.6) is 11.5 Å². The number of nitrogens with zero attached hydrogens (tertiary/aromatic N) is 1. The van der Waals surface area contributed by atoms with Crippen LogP contribution in [0.3, 0.4) is 0 Å². The van der Waals surface area contributed by atoms with E-state index < -0.39 is 0 Å². The van der Waals surface area contributed by atoms with Gasteiger partial charge in [0.2, 0.25) is 0 Å². The lowest BCUT2D eigenvalue weighted by Crippen LogP contribution is -2.43. The Morgan fingerprint density at radius 3 is 3.20 bits per heavy atom. The number of rotatable bonds is 3. The van der Waals surface area contributed by atoms with Gasteiger partial charge in [-0.05, 0) is 31.6 Å². The topological polar surface area (TPSA) is 45.8 Å². The van der Waals surface area contributed by atoms with Crippen molar-refractivity contribution in [3.63, 3.8) is 0 Å². The molecule has 1 saturated heterocycles. The molecule has 0 bridgehead atoms. The van der Waals surface area contributed by atoms with E-state index in [4.69, 9.17) is 9.47 Å². The number of ether oxygens (including phenoxy) is 2. The van der Waals surface area contributed by atoms with Gasteiger partial charge >= 0.3 is 0 Å². The average molecular weight is 277 g/mol.